The Morgan fingerprint density at radius 1 is 1.14 bits per heavy atom. The molecule has 0 bridgehead atoms. The van der Waals surface area contributed by atoms with E-state index in [0.717, 1.165) is 11.3 Å². The number of hydrogen-bond acceptors (Lipinski definition) is 3. The van der Waals surface area contributed by atoms with Crippen molar-refractivity contribution in [2.75, 3.05) is 5.32 Å². The number of nitrogens with one attached hydrogen (secondary N) is 2. The molecule has 21 heavy (non-hydrogen) atoms. The maximum Gasteiger partial charge on any atom is 0.293 e. The molecule has 0 spiro atoms. The van der Waals surface area contributed by atoms with Crippen LogP contribution in [0.5, 0.6) is 0 Å². The smallest absolute Gasteiger partial charge is 0.293 e. The van der Waals surface area contributed by atoms with Crippen LogP contribution in [0.1, 0.15) is 36.9 Å². The maximum atomic E-state index is 11.9. The first-order valence-corrected chi connectivity index (χ1v) is 7.04. The molecule has 0 saturated heterocycles. The fraction of sp³-hybridized carbons (Fsp3) is 0.250. The molecule has 0 atom stereocenters. The summed E-state index contributed by atoms with van der Waals surface area (Å²) in [6.07, 6.45) is 1.44. The van der Waals surface area contributed by atoms with Gasteiger partial charge in [0.2, 0.25) is 0 Å². The molecule has 0 saturated carbocycles. The Kier molecular flexibility index (Phi) is 4.43. The highest BCUT2D eigenvalue weighted by Crippen LogP contribution is 2.29. The van der Waals surface area contributed by atoms with Gasteiger partial charge in [0, 0.05) is 5.69 Å². The molecule has 1 amide bonds. The van der Waals surface area contributed by atoms with Crippen molar-refractivity contribution in [3.8, 4) is 0 Å². The summed E-state index contributed by atoms with van der Waals surface area (Å²) in [7, 11) is 0. The number of furan rings is 1. The molecule has 2 rings (SSSR count). The summed E-state index contributed by atoms with van der Waals surface area (Å²) in [6, 6.07) is 11.1. The van der Waals surface area contributed by atoms with Gasteiger partial charge in [-0.25, -0.2) is 0 Å². The lowest BCUT2D eigenvalue weighted by Gasteiger charge is -2.23. The standard InChI is InChI=1S/C16H18N2O2S/c1-16(2,3)11-7-4-5-8-12(11)17-15(21)18-14(19)13-9-6-10-20-13/h4-10H,1-3H3,(H2,17,18,19,21). The summed E-state index contributed by atoms with van der Waals surface area (Å²) in [6.45, 7) is 6.37. The summed E-state index contributed by atoms with van der Waals surface area (Å²) < 4.78 is 5.02. The largest absolute Gasteiger partial charge is 0.459 e. The molecule has 2 aromatic rings. The first-order chi connectivity index (χ1) is 9.88. The van der Waals surface area contributed by atoms with E-state index in [1.807, 2.05) is 24.3 Å². The van der Waals surface area contributed by atoms with E-state index >= 15 is 0 Å². The molecule has 0 radical (unpaired) electrons. The zero-order valence-corrected chi connectivity index (χ0v) is 13.1. The van der Waals surface area contributed by atoms with Gasteiger partial charge in [0.1, 0.15) is 0 Å². The highest BCUT2D eigenvalue weighted by atomic mass is 32.1. The lowest BCUT2D eigenvalue weighted by atomic mass is 9.86. The van der Waals surface area contributed by atoms with Gasteiger partial charge in [0.15, 0.2) is 10.9 Å². The van der Waals surface area contributed by atoms with Crippen LogP contribution in [0.25, 0.3) is 0 Å². The second-order valence-electron chi connectivity index (χ2n) is 5.68. The molecule has 4 nitrogen and oxygen atoms in total. The van der Waals surface area contributed by atoms with Crippen LogP contribution >= 0.6 is 12.2 Å². The molecule has 1 aromatic heterocycles. The van der Waals surface area contributed by atoms with E-state index in [1.54, 1.807) is 12.1 Å². The Bertz CT molecular complexity index is 643. The van der Waals surface area contributed by atoms with Crippen LogP contribution in [-0.4, -0.2) is 11.0 Å². The Hall–Kier alpha value is -2.14. The fourth-order valence-corrected chi connectivity index (χ4v) is 2.17. The zero-order valence-electron chi connectivity index (χ0n) is 12.3. The minimum atomic E-state index is -0.370. The third-order valence-electron chi connectivity index (χ3n) is 2.96. The predicted octanol–water partition coefficient (Wildman–Crippen LogP) is 3.70. The average Bonchev–Trinajstić information content (AvgIpc) is 2.91. The number of anilines is 1. The molecular formula is C16H18N2O2S. The summed E-state index contributed by atoms with van der Waals surface area (Å²) in [5.74, 6) is -0.144. The van der Waals surface area contributed by atoms with Crippen LogP contribution in [0.4, 0.5) is 5.69 Å². The molecule has 0 unspecified atom stereocenters. The molecular weight excluding hydrogens is 284 g/mol. The molecule has 0 fully saturated rings. The predicted molar refractivity (Wildman–Crippen MR) is 87.5 cm³/mol. The number of rotatable bonds is 2. The van der Waals surface area contributed by atoms with E-state index in [-0.39, 0.29) is 22.2 Å². The van der Waals surface area contributed by atoms with Gasteiger partial charge >= 0.3 is 0 Å². The third-order valence-corrected chi connectivity index (χ3v) is 3.16. The number of thiocarbonyl (C=S) groups is 1. The average molecular weight is 302 g/mol. The molecule has 0 aliphatic heterocycles. The van der Waals surface area contributed by atoms with Crippen molar-refractivity contribution >= 4 is 28.9 Å². The van der Waals surface area contributed by atoms with Gasteiger partial charge in [-0.1, -0.05) is 39.0 Å². The molecule has 5 heteroatoms. The fourth-order valence-electron chi connectivity index (χ4n) is 1.97. The normalized spacial score (nSPS) is 11.0. The van der Waals surface area contributed by atoms with Crippen molar-refractivity contribution in [3.05, 3.63) is 54.0 Å². The van der Waals surface area contributed by atoms with Gasteiger partial charge in [0.25, 0.3) is 5.91 Å². The molecule has 110 valence electrons. The van der Waals surface area contributed by atoms with E-state index in [4.69, 9.17) is 16.6 Å². The number of para-hydroxylation sites is 1. The number of carbonyl (C=O) groups excluding carboxylic acids is 1. The minimum Gasteiger partial charge on any atom is -0.459 e. The number of benzene rings is 1. The van der Waals surface area contributed by atoms with Gasteiger partial charge in [-0.2, -0.15) is 0 Å². The Morgan fingerprint density at radius 2 is 1.86 bits per heavy atom. The summed E-state index contributed by atoms with van der Waals surface area (Å²) in [5.41, 5.74) is 1.99. The number of hydrogen-bond donors (Lipinski definition) is 2. The molecule has 0 aliphatic carbocycles. The summed E-state index contributed by atoms with van der Waals surface area (Å²) in [4.78, 5) is 11.9. The van der Waals surface area contributed by atoms with Crippen molar-refractivity contribution in [2.24, 2.45) is 0 Å². The lowest BCUT2D eigenvalue weighted by Crippen LogP contribution is -2.34. The quantitative estimate of drug-likeness (QED) is 0.831. The van der Waals surface area contributed by atoms with Crippen molar-refractivity contribution in [1.29, 1.82) is 0 Å². The van der Waals surface area contributed by atoms with Gasteiger partial charge < -0.3 is 9.73 Å². The van der Waals surface area contributed by atoms with Crippen molar-refractivity contribution in [3.63, 3.8) is 0 Å². The maximum absolute atomic E-state index is 11.9. The highest BCUT2D eigenvalue weighted by Gasteiger charge is 2.18. The van der Waals surface area contributed by atoms with Gasteiger partial charge in [-0.05, 0) is 41.4 Å². The Balaban J connectivity index is 2.09. The van der Waals surface area contributed by atoms with E-state index in [2.05, 4.69) is 31.4 Å². The first kappa shape index (κ1) is 15.3. The summed E-state index contributed by atoms with van der Waals surface area (Å²) >= 11 is 5.18. The van der Waals surface area contributed by atoms with E-state index in [1.165, 1.54) is 6.26 Å². The van der Waals surface area contributed by atoms with Crippen molar-refractivity contribution in [1.82, 2.24) is 5.32 Å². The van der Waals surface area contributed by atoms with Gasteiger partial charge in [-0.3, -0.25) is 10.1 Å². The van der Waals surface area contributed by atoms with Crippen LogP contribution in [0, 0.1) is 0 Å². The second kappa shape index (κ2) is 6.10. The van der Waals surface area contributed by atoms with E-state index < -0.39 is 0 Å². The molecule has 0 aliphatic rings. The van der Waals surface area contributed by atoms with Crippen molar-refractivity contribution in [2.45, 2.75) is 26.2 Å². The van der Waals surface area contributed by atoms with E-state index in [0.29, 0.717) is 0 Å². The van der Waals surface area contributed by atoms with Crippen LogP contribution in [-0.2, 0) is 5.41 Å². The second-order valence-corrected chi connectivity index (χ2v) is 6.09. The van der Waals surface area contributed by atoms with Crippen LogP contribution in [0.2, 0.25) is 0 Å². The third kappa shape index (κ3) is 3.92. The Labute approximate surface area is 129 Å². The Morgan fingerprint density at radius 3 is 2.48 bits per heavy atom. The minimum absolute atomic E-state index is 0.0236. The highest BCUT2D eigenvalue weighted by molar-refractivity contribution is 7.80. The SMILES string of the molecule is CC(C)(C)c1ccccc1NC(=S)NC(=O)c1ccco1. The molecule has 2 N–H and O–H groups in total. The van der Waals surface area contributed by atoms with Gasteiger partial charge in [0.05, 0.1) is 6.26 Å². The number of carbonyl (C=O) groups is 1. The monoisotopic (exact) mass is 302 g/mol. The molecule has 1 aromatic carbocycles. The van der Waals surface area contributed by atoms with Gasteiger partial charge in [-0.15, -0.1) is 0 Å². The van der Waals surface area contributed by atoms with Crippen LogP contribution in [0.15, 0.2) is 47.1 Å². The molecule has 1 heterocycles. The topological polar surface area (TPSA) is 54.3 Å². The van der Waals surface area contributed by atoms with Crippen LogP contribution in [0.3, 0.4) is 0 Å². The van der Waals surface area contributed by atoms with Crippen LogP contribution < -0.4 is 10.6 Å². The van der Waals surface area contributed by atoms with Crippen molar-refractivity contribution < 1.29 is 9.21 Å². The lowest BCUT2D eigenvalue weighted by molar-refractivity contribution is 0.0950. The number of amides is 1. The zero-order chi connectivity index (χ0) is 15.5. The first-order valence-electron chi connectivity index (χ1n) is 6.63. The van der Waals surface area contributed by atoms with E-state index in [9.17, 15) is 4.79 Å². The summed E-state index contributed by atoms with van der Waals surface area (Å²) in [5, 5.41) is 5.91.